The van der Waals surface area contributed by atoms with Crippen LogP contribution in [0.1, 0.15) is 13.3 Å². The zero-order chi connectivity index (χ0) is 10.7. The van der Waals surface area contributed by atoms with Crippen LogP contribution in [0.5, 0.6) is 5.75 Å². The maximum atomic E-state index is 8.87. The van der Waals surface area contributed by atoms with E-state index in [-0.39, 0.29) is 6.61 Å². The van der Waals surface area contributed by atoms with Gasteiger partial charge in [-0.15, -0.1) is 0 Å². The average Bonchev–Trinajstić information content (AvgIpc) is 2.28. The minimum absolute atomic E-state index is 0.242. The van der Waals surface area contributed by atoms with Crippen molar-refractivity contribution in [2.24, 2.45) is 0 Å². The van der Waals surface area contributed by atoms with Crippen molar-refractivity contribution in [3.05, 3.63) is 24.3 Å². The van der Waals surface area contributed by atoms with Gasteiger partial charge >= 0.3 is 0 Å². The fourth-order valence-corrected chi connectivity index (χ4v) is 1.94. The molecule has 0 fully saturated rings. The number of anilines is 1. The Morgan fingerprint density at radius 3 is 3.07 bits per heavy atom. The van der Waals surface area contributed by atoms with Crippen LogP contribution in [0, 0.1) is 0 Å². The second-order valence-electron chi connectivity index (χ2n) is 3.90. The molecule has 15 heavy (non-hydrogen) atoms. The Hall–Kier alpha value is -1.22. The highest BCUT2D eigenvalue weighted by molar-refractivity contribution is 5.60. The molecule has 0 radical (unpaired) electrons. The van der Waals surface area contributed by atoms with Crippen molar-refractivity contribution in [2.45, 2.75) is 19.4 Å². The SMILES string of the molecule is CC1COc2ccccc2N1CCCO. The molecule has 0 saturated heterocycles. The van der Waals surface area contributed by atoms with E-state index in [9.17, 15) is 0 Å². The number of benzene rings is 1. The lowest BCUT2D eigenvalue weighted by Crippen LogP contribution is -2.41. The molecule has 1 aromatic carbocycles. The molecular formula is C12H17NO2. The van der Waals surface area contributed by atoms with Gasteiger partial charge in [0, 0.05) is 13.2 Å². The molecular weight excluding hydrogens is 190 g/mol. The molecule has 1 heterocycles. The van der Waals surface area contributed by atoms with E-state index in [0.717, 1.165) is 31.0 Å². The van der Waals surface area contributed by atoms with Gasteiger partial charge in [-0.2, -0.15) is 0 Å². The molecule has 1 unspecified atom stereocenters. The number of hydrogen-bond acceptors (Lipinski definition) is 3. The highest BCUT2D eigenvalue weighted by Gasteiger charge is 2.22. The number of aliphatic hydroxyl groups excluding tert-OH is 1. The zero-order valence-electron chi connectivity index (χ0n) is 9.02. The summed E-state index contributed by atoms with van der Waals surface area (Å²) in [6.07, 6.45) is 0.804. The molecule has 0 aromatic heterocycles. The van der Waals surface area contributed by atoms with Crippen LogP contribution in [0.25, 0.3) is 0 Å². The van der Waals surface area contributed by atoms with E-state index >= 15 is 0 Å². The van der Waals surface area contributed by atoms with Crippen LogP contribution in [-0.4, -0.2) is 30.9 Å². The van der Waals surface area contributed by atoms with Crippen molar-refractivity contribution in [3.8, 4) is 5.75 Å². The summed E-state index contributed by atoms with van der Waals surface area (Å²) in [7, 11) is 0. The number of nitrogens with zero attached hydrogens (tertiary/aromatic N) is 1. The van der Waals surface area contributed by atoms with Gasteiger partial charge in [0.25, 0.3) is 0 Å². The van der Waals surface area contributed by atoms with Gasteiger partial charge in [0.05, 0.1) is 11.7 Å². The topological polar surface area (TPSA) is 32.7 Å². The third-order valence-electron chi connectivity index (χ3n) is 2.74. The molecule has 1 N–H and O–H groups in total. The largest absolute Gasteiger partial charge is 0.489 e. The van der Waals surface area contributed by atoms with E-state index in [4.69, 9.17) is 9.84 Å². The molecule has 0 bridgehead atoms. The first kappa shape index (κ1) is 10.3. The van der Waals surface area contributed by atoms with E-state index in [0.29, 0.717) is 6.04 Å². The summed E-state index contributed by atoms with van der Waals surface area (Å²) in [5.41, 5.74) is 1.14. The van der Waals surface area contributed by atoms with Gasteiger partial charge in [-0.05, 0) is 25.5 Å². The van der Waals surface area contributed by atoms with Crippen LogP contribution >= 0.6 is 0 Å². The molecule has 3 nitrogen and oxygen atoms in total. The summed E-state index contributed by atoms with van der Waals surface area (Å²) < 4.78 is 5.64. The first-order valence-electron chi connectivity index (χ1n) is 5.42. The molecule has 0 aliphatic carbocycles. The highest BCUT2D eigenvalue weighted by atomic mass is 16.5. The summed E-state index contributed by atoms with van der Waals surface area (Å²) in [4.78, 5) is 2.30. The normalized spacial score (nSPS) is 19.6. The standard InChI is InChI=1S/C12H17NO2/c1-10-9-15-12-6-3-2-5-11(12)13(10)7-4-8-14/h2-3,5-6,10,14H,4,7-9H2,1H3. The number of para-hydroxylation sites is 2. The molecule has 1 aliphatic heterocycles. The van der Waals surface area contributed by atoms with Crippen molar-refractivity contribution < 1.29 is 9.84 Å². The molecule has 3 heteroatoms. The van der Waals surface area contributed by atoms with Gasteiger partial charge < -0.3 is 14.7 Å². The number of rotatable bonds is 3. The first-order chi connectivity index (χ1) is 7.33. The molecule has 1 aliphatic rings. The Kier molecular flexibility index (Phi) is 3.11. The van der Waals surface area contributed by atoms with Gasteiger partial charge in [0.1, 0.15) is 12.4 Å². The lowest BCUT2D eigenvalue weighted by molar-refractivity contribution is 0.258. The summed E-state index contributed by atoms with van der Waals surface area (Å²) >= 11 is 0. The fourth-order valence-electron chi connectivity index (χ4n) is 1.94. The lowest BCUT2D eigenvalue weighted by Gasteiger charge is -2.36. The molecule has 0 saturated carbocycles. The second kappa shape index (κ2) is 4.53. The smallest absolute Gasteiger partial charge is 0.142 e. The third kappa shape index (κ3) is 2.07. The van der Waals surface area contributed by atoms with Crippen molar-refractivity contribution in [3.63, 3.8) is 0 Å². The third-order valence-corrected chi connectivity index (χ3v) is 2.74. The summed E-state index contributed by atoms with van der Waals surface area (Å²) in [6, 6.07) is 8.45. The van der Waals surface area contributed by atoms with Gasteiger partial charge in [0.2, 0.25) is 0 Å². The quantitative estimate of drug-likeness (QED) is 0.818. The van der Waals surface area contributed by atoms with Gasteiger partial charge in [0.15, 0.2) is 0 Å². The first-order valence-corrected chi connectivity index (χ1v) is 5.42. The maximum absolute atomic E-state index is 8.87. The number of hydrogen-bond donors (Lipinski definition) is 1. The van der Waals surface area contributed by atoms with Crippen molar-refractivity contribution >= 4 is 5.69 Å². The Morgan fingerprint density at radius 1 is 1.47 bits per heavy atom. The summed E-state index contributed by atoms with van der Waals surface area (Å²) in [5, 5.41) is 8.87. The van der Waals surface area contributed by atoms with E-state index < -0.39 is 0 Å². The number of fused-ring (bicyclic) bond motifs is 1. The summed E-state index contributed by atoms with van der Waals surface area (Å²) in [6.45, 7) is 4.00. The molecule has 1 aromatic rings. The Bertz CT molecular complexity index is 327. The Morgan fingerprint density at radius 2 is 2.27 bits per heavy atom. The fraction of sp³-hybridized carbons (Fsp3) is 0.500. The van der Waals surface area contributed by atoms with Crippen LogP contribution in [0.2, 0.25) is 0 Å². The molecule has 1 atom stereocenters. The Balaban J connectivity index is 2.21. The number of aliphatic hydroxyl groups is 1. The van der Waals surface area contributed by atoms with Crippen LogP contribution in [0.4, 0.5) is 5.69 Å². The second-order valence-corrected chi connectivity index (χ2v) is 3.90. The van der Waals surface area contributed by atoms with Crippen molar-refractivity contribution in [1.82, 2.24) is 0 Å². The minimum atomic E-state index is 0.242. The van der Waals surface area contributed by atoms with Crippen molar-refractivity contribution in [1.29, 1.82) is 0 Å². The Labute approximate surface area is 90.3 Å². The molecule has 2 rings (SSSR count). The van der Waals surface area contributed by atoms with Crippen LogP contribution in [-0.2, 0) is 0 Å². The zero-order valence-corrected chi connectivity index (χ0v) is 9.02. The molecule has 0 amide bonds. The minimum Gasteiger partial charge on any atom is -0.489 e. The lowest BCUT2D eigenvalue weighted by atomic mass is 10.1. The average molecular weight is 207 g/mol. The van der Waals surface area contributed by atoms with Gasteiger partial charge in [-0.1, -0.05) is 12.1 Å². The molecule has 0 spiro atoms. The predicted octanol–water partition coefficient (Wildman–Crippen LogP) is 1.66. The van der Waals surface area contributed by atoms with Crippen LogP contribution in [0.15, 0.2) is 24.3 Å². The van der Waals surface area contributed by atoms with Gasteiger partial charge in [-0.3, -0.25) is 0 Å². The number of ether oxygens (including phenoxy) is 1. The van der Waals surface area contributed by atoms with E-state index in [1.54, 1.807) is 0 Å². The van der Waals surface area contributed by atoms with E-state index in [2.05, 4.69) is 17.9 Å². The van der Waals surface area contributed by atoms with E-state index in [1.165, 1.54) is 0 Å². The van der Waals surface area contributed by atoms with Crippen LogP contribution < -0.4 is 9.64 Å². The van der Waals surface area contributed by atoms with Crippen LogP contribution in [0.3, 0.4) is 0 Å². The predicted molar refractivity (Wildman–Crippen MR) is 60.4 cm³/mol. The summed E-state index contributed by atoms with van der Waals surface area (Å²) in [5.74, 6) is 0.952. The maximum Gasteiger partial charge on any atom is 0.142 e. The highest BCUT2D eigenvalue weighted by Crippen LogP contribution is 2.33. The monoisotopic (exact) mass is 207 g/mol. The van der Waals surface area contributed by atoms with Crippen molar-refractivity contribution in [2.75, 3.05) is 24.7 Å². The van der Waals surface area contributed by atoms with E-state index in [1.807, 2.05) is 18.2 Å². The van der Waals surface area contributed by atoms with Gasteiger partial charge in [-0.25, -0.2) is 0 Å². The molecule has 82 valence electrons.